The van der Waals surface area contributed by atoms with Gasteiger partial charge in [-0.3, -0.25) is 0 Å². The lowest BCUT2D eigenvalue weighted by Gasteiger charge is -2.24. The quantitative estimate of drug-likeness (QED) is 0.585. The topological polar surface area (TPSA) is 20.2 Å². The molecule has 1 nitrogen and oxygen atoms in total. The normalized spacial score (nSPS) is 45.0. The number of alkyl halides is 2. The fraction of sp³-hybridized carbons (Fsp3) is 1.00. The van der Waals surface area contributed by atoms with Crippen molar-refractivity contribution in [2.75, 3.05) is 0 Å². The average molecular weight is 197 g/mol. The van der Waals surface area contributed by atoms with E-state index in [1.54, 1.807) is 0 Å². The lowest BCUT2D eigenvalue weighted by atomic mass is 9.96. The van der Waals surface area contributed by atoms with Crippen molar-refractivity contribution in [1.29, 1.82) is 0 Å². The van der Waals surface area contributed by atoms with Gasteiger partial charge in [-0.15, -0.1) is 0 Å². The maximum atomic E-state index is 12.6. The summed E-state index contributed by atoms with van der Waals surface area (Å²) < 4.78 is 12.6. The molecule has 1 rings (SSSR count). The molecule has 0 aromatic rings. The highest BCUT2D eigenvalue weighted by Gasteiger charge is 2.26. The maximum absolute atomic E-state index is 12.6. The van der Waals surface area contributed by atoms with Crippen molar-refractivity contribution in [2.24, 2.45) is 0 Å². The second kappa shape index (κ2) is 2.97. The summed E-state index contributed by atoms with van der Waals surface area (Å²) in [5.74, 6) is 0. The molecule has 0 bridgehead atoms. The van der Waals surface area contributed by atoms with E-state index in [0.29, 0.717) is 6.42 Å². The van der Waals surface area contributed by atoms with E-state index in [-0.39, 0.29) is 4.83 Å². The summed E-state index contributed by atoms with van der Waals surface area (Å²) in [6.07, 6.45) is 0.525. The number of halogens is 2. The largest absolute Gasteiger partial charge is 0.393 e. The highest BCUT2D eigenvalue weighted by atomic mass is 79.9. The Morgan fingerprint density at radius 2 is 2.11 bits per heavy atom. The van der Waals surface area contributed by atoms with E-state index in [9.17, 15) is 4.39 Å². The Balaban J connectivity index is 2.35. The Bertz CT molecular complexity index is 99.1. The molecule has 0 aliphatic heterocycles. The van der Waals surface area contributed by atoms with Gasteiger partial charge in [-0.1, -0.05) is 15.9 Å². The van der Waals surface area contributed by atoms with Crippen molar-refractivity contribution in [2.45, 2.75) is 36.4 Å². The number of hydrogen-bond acceptors (Lipinski definition) is 1. The molecule has 0 saturated heterocycles. The van der Waals surface area contributed by atoms with Crippen LogP contribution in [0, 0.1) is 0 Å². The van der Waals surface area contributed by atoms with Crippen LogP contribution >= 0.6 is 15.9 Å². The lowest BCUT2D eigenvalue weighted by Crippen LogP contribution is -2.29. The minimum Gasteiger partial charge on any atom is -0.393 e. The highest BCUT2D eigenvalue weighted by molar-refractivity contribution is 9.09. The molecule has 1 fully saturated rings. The third-order valence-corrected chi connectivity index (χ3v) is 2.70. The molecule has 3 atom stereocenters. The molecule has 3 unspecified atom stereocenters. The summed E-state index contributed by atoms with van der Waals surface area (Å²) in [5.41, 5.74) is 0. The van der Waals surface area contributed by atoms with Crippen molar-refractivity contribution in [3.63, 3.8) is 0 Å². The van der Waals surface area contributed by atoms with Crippen LogP contribution in [0.3, 0.4) is 0 Å². The Morgan fingerprint density at radius 3 is 2.56 bits per heavy atom. The smallest absolute Gasteiger partial charge is 0.115 e. The first-order valence-corrected chi connectivity index (χ1v) is 4.08. The van der Waals surface area contributed by atoms with E-state index >= 15 is 0 Å². The Kier molecular flexibility index (Phi) is 2.47. The van der Waals surface area contributed by atoms with E-state index in [4.69, 9.17) is 5.11 Å². The van der Waals surface area contributed by atoms with Crippen LogP contribution in [0.5, 0.6) is 0 Å². The standard InChI is InChI=1S/C6H10BrFO/c7-5-2-1-4(9)3-6(5)8/h4-6,9H,1-3H2. The van der Waals surface area contributed by atoms with Crippen molar-refractivity contribution in [1.82, 2.24) is 0 Å². The van der Waals surface area contributed by atoms with Crippen LogP contribution in [0.25, 0.3) is 0 Å². The number of rotatable bonds is 0. The molecule has 54 valence electrons. The van der Waals surface area contributed by atoms with Gasteiger partial charge in [0.15, 0.2) is 0 Å². The van der Waals surface area contributed by atoms with E-state index in [1.165, 1.54) is 0 Å². The molecule has 9 heavy (non-hydrogen) atoms. The summed E-state index contributed by atoms with van der Waals surface area (Å²) in [6.45, 7) is 0. The van der Waals surface area contributed by atoms with Crippen LogP contribution in [0.1, 0.15) is 19.3 Å². The van der Waals surface area contributed by atoms with E-state index < -0.39 is 12.3 Å². The first-order chi connectivity index (χ1) is 4.20. The van der Waals surface area contributed by atoms with Gasteiger partial charge >= 0.3 is 0 Å². The van der Waals surface area contributed by atoms with Crippen molar-refractivity contribution in [3.8, 4) is 0 Å². The average Bonchev–Trinajstić information content (AvgIpc) is 1.80. The summed E-state index contributed by atoms with van der Waals surface area (Å²) >= 11 is 3.19. The van der Waals surface area contributed by atoms with Crippen LogP contribution in [0.2, 0.25) is 0 Å². The molecule has 0 heterocycles. The molecular formula is C6H10BrFO. The molecule has 1 aliphatic rings. The molecular weight excluding hydrogens is 187 g/mol. The molecule has 0 amide bonds. The monoisotopic (exact) mass is 196 g/mol. The summed E-state index contributed by atoms with van der Waals surface area (Å²) in [6, 6.07) is 0. The van der Waals surface area contributed by atoms with Gasteiger partial charge in [0.05, 0.1) is 6.10 Å². The van der Waals surface area contributed by atoms with Gasteiger partial charge in [-0.25, -0.2) is 4.39 Å². The SMILES string of the molecule is OC1CCC(Br)C(F)C1. The van der Waals surface area contributed by atoms with E-state index in [0.717, 1.165) is 12.8 Å². The Morgan fingerprint density at radius 1 is 1.44 bits per heavy atom. The van der Waals surface area contributed by atoms with Gasteiger partial charge in [0.25, 0.3) is 0 Å². The zero-order valence-corrected chi connectivity index (χ0v) is 6.64. The first-order valence-electron chi connectivity index (χ1n) is 3.16. The molecule has 1 aliphatic carbocycles. The van der Waals surface area contributed by atoms with Gasteiger partial charge < -0.3 is 5.11 Å². The molecule has 0 radical (unpaired) electrons. The Labute approximate surface area is 62.4 Å². The van der Waals surface area contributed by atoms with E-state index in [2.05, 4.69) is 15.9 Å². The van der Waals surface area contributed by atoms with Gasteiger partial charge in [0.1, 0.15) is 6.17 Å². The number of hydrogen-bond donors (Lipinski definition) is 1. The molecule has 1 N–H and O–H groups in total. The minimum absolute atomic E-state index is 0.0269. The Hall–Kier alpha value is 0.370. The van der Waals surface area contributed by atoms with E-state index in [1.807, 2.05) is 0 Å². The lowest BCUT2D eigenvalue weighted by molar-refractivity contribution is 0.0886. The third-order valence-electron chi connectivity index (χ3n) is 1.67. The zero-order valence-electron chi connectivity index (χ0n) is 5.06. The first kappa shape index (κ1) is 7.48. The highest BCUT2D eigenvalue weighted by Crippen LogP contribution is 2.26. The van der Waals surface area contributed by atoms with Crippen LogP contribution in [0.4, 0.5) is 4.39 Å². The molecule has 0 aromatic carbocycles. The predicted octanol–water partition coefficient (Wildman–Crippen LogP) is 1.63. The fourth-order valence-corrected chi connectivity index (χ4v) is 1.54. The second-order valence-corrected chi connectivity index (χ2v) is 3.68. The second-order valence-electron chi connectivity index (χ2n) is 2.50. The van der Waals surface area contributed by atoms with Gasteiger partial charge in [-0.2, -0.15) is 0 Å². The van der Waals surface area contributed by atoms with Crippen LogP contribution in [0.15, 0.2) is 0 Å². The summed E-state index contributed by atoms with van der Waals surface area (Å²) in [5, 5.41) is 8.94. The third kappa shape index (κ3) is 1.90. The fourth-order valence-electron chi connectivity index (χ4n) is 1.06. The van der Waals surface area contributed by atoms with Gasteiger partial charge in [0, 0.05) is 11.2 Å². The molecule has 0 aromatic heterocycles. The van der Waals surface area contributed by atoms with Crippen LogP contribution in [-0.2, 0) is 0 Å². The summed E-state index contributed by atoms with van der Waals surface area (Å²) in [4.78, 5) is -0.0269. The molecule has 1 saturated carbocycles. The predicted molar refractivity (Wildman–Crippen MR) is 37.5 cm³/mol. The van der Waals surface area contributed by atoms with Crippen LogP contribution < -0.4 is 0 Å². The van der Waals surface area contributed by atoms with Crippen molar-refractivity contribution in [3.05, 3.63) is 0 Å². The molecule has 3 heteroatoms. The minimum atomic E-state index is -0.853. The van der Waals surface area contributed by atoms with Crippen molar-refractivity contribution < 1.29 is 9.50 Å². The van der Waals surface area contributed by atoms with Crippen LogP contribution in [-0.4, -0.2) is 22.2 Å². The number of aliphatic hydroxyl groups is 1. The molecule has 0 spiro atoms. The van der Waals surface area contributed by atoms with Gasteiger partial charge in [0.2, 0.25) is 0 Å². The summed E-state index contributed by atoms with van der Waals surface area (Å²) in [7, 11) is 0. The maximum Gasteiger partial charge on any atom is 0.115 e. The van der Waals surface area contributed by atoms with Gasteiger partial charge in [-0.05, 0) is 12.8 Å². The zero-order chi connectivity index (χ0) is 6.85. The van der Waals surface area contributed by atoms with Crippen molar-refractivity contribution >= 4 is 15.9 Å². The number of aliphatic hydroxyl groups excluding tert-OH is 1.